The van der Waals surface area contributed by atoms with Crippen molar-refractivity contribution in [3.63, 3.8) is 0 Å². The summed E-state index contributed by atoms with van der Waals surface area (Å²) in [5.41, 5.74) is 1.60. The second kappa shape index (κ2) is 7.20. The van der Waals surface area contributed by atoms with Gasteiger partial charge in [0.2, 0.25) is 0 Å². The second-order valence-electron chi connectivity index (χ2n) is 7.17. The standard InChI is InChI=1S/C20H28O3/c1-5-6-7-8-9-10-20(3,4)15-12-17(21)16-11-14(2)19(22)23-18(16)13-15/h11-13,21H,5-10H2,1-4H3. The smallest absolute Gasteiger partial charge is 0.339 e. The Hall–Kier alpha value is -1.77. The Bertz CT molecular complexity index is 725. The first-order chi connectivity index (χ1) is 10.8. The lowest BCUT2D eigenvalue weighted by atomic mass is 9.79. The molecular weight excluding hydrogens is 288 g/mol. The van der Waals surface area contributed by atoms with Gasteiger partial charge in [0.25, 0.3) is 0 Å². The molecule has 0 aliphatic heterocycles. The molecule has 1 aromatic heterocycles. The van der Waals surface area contributed by atoms with Crippen LogP contribution in [0, 0.1) is 6.92 Å². The van der Waals surface area contributed by atoms with Crippen LogP contribution in [-0.2, 0) is 5.41 Å². The van der Waals surface area contributed by atoms with E-state index in [1.165, 1.54) is 32.1 Å². The van der Waals surface area contributed by atoms with E-state index in [0.717, 1.165) is 12.0 Å². The van der Waals surface area contributed by atoms with Gasteiger partial charge >= 0.3 is 5.63 Å². The summed E-state index contributed by atoms with van der Waals surface area (Å²) in [5.74, 6) is 0.184. The van der Waals surface area contributed by atoms with Crippen LogP contribution in [0.4, 0.5) is 0 Å². The Morgan fingerprint density at radius 2 is 1.78 bits per heavy atom. The van der Waals surface area contributed by atoms with Gasteiger partial charge in [0.15, 0.2) is 0 Å². The van der Waals surface area contributed by atoms with Gasteiger partial charge in [-0.25, -0.2) is 4.79 Å². The van der Waals surface area contributed by atoms with Crippen molar-refractivity contribution in [2.45, 2.75) is 71.6 Å². The van der Waals surface area contributed by atoms with Crippen molar-refractivity contribution in [2.75, 3.05) is 0 Å². The first kappa shape index (κ1) is 17.6. The molecule has 0 bridgehead atoms. The van der Waals surface area contributed by atoms with Crippen LogP contribution in [0.1, 0.15) is 70.4 Å². The number of aryl methyl sites for hydroxylation is 1. The van der Waals surface area contributed by atoms with E-state index < -0.39 is 0 Å². The van der Waals surface area contributed by atoms with Crippen LogP contribution in [0.15, 0.2) is 27.4 Å². The molecule has 0 fully saturated rings. The number of phenols is 1. The summed E-state index contributed by atoms with van der Waals surface area (Å²) >= 11 is 0. The van der Waals surface area contributed by atoms with Gasteiger partial charge in [0.05, 0.1) is 5.39 Å². The average Bonchev–Trinajstić information content (AvgIpc) is 2.49. The molecule has 126 valence electrons. The van der Waals surface area contributed by atoms with Crippen LogP contribution in [-0.4, -0.2) is 5.11 Å². The van der Waals surface area contributed by atoms with E-state index in [-0.39, 0.29) is 16.8 Å². The number of phenolic OH excluding ortho intramolecular Hbond substituents is 1. The minimum absolute atomic E-state index is 0.0542. The van der Waals surface area contributed by atoms with Gasteiger partial charge in [-0.3, -0.25) is 0 Å². The molecule has 0 saturated heterocycles. The normalized spacial score (nSPS) is 12.0. The fourth-order valence-corrected chi connectivity index (χ4v) is 3.00. The molecule has 0 amide bonds. The van der Waals surface area contributed by atoms with Crippen LogP contribution in [0.3, 0.4) is 0 Å². The molecule has 0 aliphatic rings. The van der Waals surface area contributed by atoms with Crippen LogP contribution in [0.2, 0.25) is 0 Å². The third-order valence-corrected chi connectivity index (χ3v) is 4.69. The summed E-state index contributed by atoms with van der Waals surface area (Å²) in [6.45, 7) is 8.27. The maximum atomic E-state index is 11.7. The summed E-state index contributed by atoms with van der Waals surface area (Å²) in [6, 6.07) is 5.41. The molecule has 0 atom stereocenters. The lowest BCUT2D eigenvalue weighted by Gasteiger charge is -2.26. The molecular formula is C20H28O3. The Labute approximate surface area is 138 Å². The van der Waals surface area contributed by atoms with Crippen molar-refractivity contribution in [2.24, 2.45) is 0 Å². The van der Waals surface area contributed by atoms with Crippen LogP contribution >= 0.6 is 0 Å². The zero-order valence-corrected chi connectivity index (χ0v) is 14.7. The van der Waals surface area contributed by atoms with E-state index in [1.54, 1.807) is 13.0 Å². The van der Waals surface area contributed by atoms with Crippen LogP contribution in [0.25, 0.3) is 11.0 Å². The summed E-state index contributed by atoms with van der Waals surface area (Å²) in [6.07, 6.45) is 7.29. The zero-order chi connectivity index (χ0) is 17.0. The van der Waals surface area contributed by atoms with Crippen molar-refractivity contribution in [3.05, 3.63) is 39.7 Å². The SMILES string of the molecule is CCCCCCCC(C)(C)c1cc(O)c2cc(C)c(=O)oc2c1. The third kappa shape index (κ3) is 4.15. The fraction of sp³-hybridized carbons (Fsp3) is 0.550. The molecule has 0 spiro atoms. The molecule has 2 aromatic rings. The fourth-order valence-electron chi connectivity index (χ4n) is 3.00. The molecule has 0 saturated carbocycles. The van der Waals surface area contributed by atoms with Crippen LogP contribution in [0.5, 0.6) is 5.75 Å². The number of fused-ring (bicyclic) bond motifs is 1. The topological polar surface area (TPSA) is 50.4 Å². The largest absolute Gasteiger partial charge is 0.507 e. The van der Waals surface area contributed by atoms with Crippen molar-refractivity contribution in [3.8, 4) is 5.75 Å². The predicted octanol–water partition coefficient (Wildman–Crippen LogP) is 5.45. The second-order valence-corrected chi connectivity index (χ2v) is 7.17. The van der Waals surface area contributed by atoms with Gasteiger partial charge in [0.1, 0.15) is 11.3 Å². The summed E-state index contributed by atoms with van der Waals surface area (Å²) in [5, 5.41) is 10.9. The maximum absolute atomic E-state index is 11.7. The Morgan fingerprint density at radius 3 is 2.48 bits per heavy atom. The molecule has 1 N–H and O–H groups in total. The quantitative estimate of drug-likeness (QED) is 0.546. The summed E-state index contributed by atoms with van der Waals surface area (Å²) < 4.78 is 5.35. The molecule has 2 rings (SSSR count). The highest BCUT2D eigenvalue weighted by molar-refractivity contribution is 5.84. The minimum Gasteiger partial charge on any atom is -0.507 e. The zero-order valence-electron chi connectivity index (χ0n) is 14.7. The average molecular weight is 316 g/mol. The van der Waals surface area contributed by atoms with Crippen LogP contribution < -0.4 is 5.63 Å². The molecule has 0 radical (unpaired) electrons. The van der Waals surface area contributed by atoms with E-state index in [0.29, 0.717) is 16.5 Å². The Kier molecular flexibility index (Phi) is 5.51. The van der Waals surface area contributed by atoms with Crippen molar-refractivity contribution in [1.82, 2.24) is 0 Å². The number of benzene rings is 1. The molecule has 23 heavy (non-hydrogen) atoms. The predicted molar refractivity (Wildman–Crippen MR) is 95.3 cm³/mol. The first-order valence-electron chi connectivity index (χ1n) is 8.63. The Balaban J connectivity index is 2.24. The van der Waals surface area contributed by atoms with Crippen molar-refractivity contribution < 1.29 is 9.52 Å². The highest BCUT2D eigenvalue weighted by Gasteiger charge is 2.22. The van der Waals surface area contributed by atoms with Gasteiger partial charge in [-0.2, -0.15) is 0 Å². The van der Waals surface area contributed by atoms with E-state index in [9.17, 15) is 9.90 Å². The summed E-state index contributed by atoms with van der Waals surface area (Å²) in [4.78, 5) is 11.7. The summed E-state index contributed by atoms with van der Waals surface area (Å²) in [7, 11) is 0. The van der Waals surface area contributed by atoms with Gasteiger partial charge in [-0.1, -0.05) is 52.9 Å². The molecule has 0 aliphatic carbocycles. The third-order valence-electron chi connectivity index (χ3n) is 4.69. The molecule has 0 unspecified atom stereocenters. The van der Waals surface area contributed by atoms with Gasteiger partial charge < -0.3 is 9.52 Å². The monoisotopic (exact) mass is 316 g/mol. The van der Waals surface area contributed by atoms with Gasteiger partial charge in [-0.15, -0.1) is 0 Å². The molecule has 1 heterocycles. The van der Waals surface area contributed by atoms with E-state index in [1.807, 2.05) is 12.1 Å². The lowest BCUT2D eigenvalue weighted by molar-refractivity contribution is 0.435. The molecule has 3 nitrogen and oxygen atoms in total. The number of hydrogen-bond donors (Lipinski definition) is 1. The lowest BCUT2D eigenvalue weighted by Crippen LogP contribution is -2.17. The minimum atomic E-state index is -0.341. The van der Waals surface area contributed by atoms with Crippen molar-refractivity contribution >= 4 is 11.0 Å². The van der Waals surface area contributed by atoms with E-state index in [2.05, 4.69) is 20.8 Å². The number of unbranched alkanes of at least 4 members (excludes halogenated alkanes) is 4. The Morgan fingerprint density at radius 1 is 1.09 bits per heavy atom. The van der Waals surface area contributed by atoms with Gasteiger partial charge in [0, 0.05) is 5.56 Å². The van der Waals surface area contributed by atoms with Crippen molar-refractivity contribution in [1.29, 1.82) is 0 Å². The van der Waals surface area contributed by atoms with E-state index in [4.69, 9.17) is 4.42 Å². The first-order valence-corrected chi connectivity index (χ1v) is 8.63. The maximum Gasteiger partial charge on any atom is 0.339 e. The highest BCUT2D eigenvalue weighted by Crippen LogP contribution is 2.35. The van der Waals surface area contributed by atoms with Gasteiger partial charge in [-0.05, 0) is 42.5 Å². The molecule has 1 aromatic carbocycles. The van der Waals surface area contributed by atoms with E-state index >= 15 is 0 Å². The number of aromatic hydroxyl groups is 1. The number of hydrogen-bond acceptors (Lipinski definition) is 3. The molecule has 3 heteroatoms. The number of rotatable bonds is 7. The highest BCUT2D eigenvalue weighted by atomic mass is 16.4.